The van der Waals surface area contributed by atoms with Crippen molar-refractivity contribution in [3.05, 3.63) is 41.7 Å². The van der Waals surface area contributed by atoms with Gasteiger partial charge in [-0.1, -0.05) is 24.3 Å². The fourth-order valence-corrected chi connectivity index (χ4v) is 1.48. The minimum absolute atomic E-state index is 0.204. The van der Waals surface area contributed by atoms with E-state index in [0.717, 1.165) is 6.07 Å². The van der Waals surface area contributed by atoms with E-state index in [4.69, 9.17) is 5.11 Å². The standard InChI is InChI=1S/C11H7FO3/c12-9-5-8(11(14)15)10(13)7-4-2-1-3-6(7)9/h1-5,13H,(H,14,15). The maximum absolute atomic E-state index is 13.4. The van der Waals surface area contributed by atoms with Crippen molar-refractivity contribution in [3.8, 4) is 5.75 Å². The zero-order valence-electron chi connectivity index (χ0n) is 7.57. The number of hydrogen-bond acceptors (Lipinski definition) is 2. The molecule has 2 aromatic rings. The van der Waals surface area contributed by atoms with Gasteiger partial charge in [0, 0.05) is 10.8 Å². The van der Waals surface area contributed by atoms with Crippen LogP contribution < -0.4 is 0 Å². The SMILES string of the molecule is O=C(O)c1cc(F)c2ccccc2c1O. The van der Waals surface area contributed by atoms with Crippen molar-refractivity contribution in [2.24, 2.45) is 0 Å². The number of phenols is 1. The highest BCUT2D eigenvalue weighted by atomic mass is 19.1. The van der Waals surface area contributed by atoms with Crippen molar-refractivity contribution < 1.29 is 19.4 Å². The van der Waals surface area contributed by atoms with Gasteiger partial charge in [-0.05, 0) is 6.07 Å². The quantitative estimate of drug-likeness (QED) is 0.753. The van der Waals surface area contributed by atoms with E-state index in [-0.39, 0.29) is 10.8 Å². The molecule has 2 rings (SSSR count). The first-order valence-electron chi connectivity index (χ1n) is 4.25. The first kappa shape index (κ1) is 9.45. The largest absolute Gasteiger partial charge is 0.506 e. The number of benzene rings is 2. The summed E-state index contributed by atoms with van der Waals surface area (Å²) in [5.74, 6) is -2.41. The van der Waals surface area contributed by atoms with Crippen LogP contribution >= 0.6 is 0 Å². The maximum atomic E-state index is 13.4. The molecule has 0 atom stereocenters. The van der Waals surface area contributed by atoms with Gasteiger partial charge in [-0.2, -0.15) is 0 Å². The van der Waals surface area contributed by atoms with Crippen LogP contribution in [0.15, 0.2) is 30.3 Å². The van der Waals surface area contributed by atoms with Crippen LogP contribution in [0.1, 0.15) is 10.4 Å². The van der Waals surface area contributed by atoms with E-state index < -0.39 is 23.1 Å². The predicted octanol–water partition coefficient (Wildman–Crippen LogP) is 2.38. The van der Waals surface area contributed by atoms with Gasteiger partial charge in [0.1, 0.15) is 17.1 Å². The highest BCUT2D eigenvalue weighted by molar-refractivity contribution is 6.00. The average molecular weight is 206 g/mol. The molecule has 0 heterocycles. The summed E-state index contributed by atoms with van der Waals surface area (Å²) in [5.41, 5.74) is -0.425. The van der Waals surface area contributed by atoms with Crippen molar-refractivity contribution in [1.82, 2.24) is 0 Å². The second-order valence-corrected chi connectivity index (χ2v) is 3.11. The van der Waals surface area contributed by atoms with Crippen molar-refractivity contribution in [3.63, 3.8) is 0 Å². The van der Waals surface area contributed by atoms with Crippen LogP contribution in [0, 0.1) is 5.82 Å². The van der Waals surface area contributed by atoms with E-state index >= 15 is 0 Å². The van der Waals surface area contributed by atoms with Crippen LogP contribution in [0.4, 0.5) is 4.39 Å². The van der Waals surface area contributed by atoms with Gasteiger partial charge in [-0.3, -0.25) is 0 Å². The van der Waals surface area contributed by atoms with Gasteiger partial charge in [0.2, 0.25) is 0 Å². The van der Waals surface area contributed by atoms with Crippen molar-refractivity contribution in [2.75, 3.05) is 0 Å². The van der Waals surface area contributed by atoms with Crippen molar-refractivity contribution >= 4 is 16.7 Å². The zero-order chi connectivity index (χ0) is 11.0. The number of aromatic carboxylic acids is 1. The monoisotopic (exact) mass is 206 g/mol. The van der Waals surface area contributed by atoms with Gasteiger partial charge < -0.3 is 10.2 Å². The van der Waals surface area contributed by atoms with Crippen molar-refractivity contribution in [1.29, 1.82) is 0 Å². The molecule has 76 valence electrons. The molecule has 3 nitrogen and oxygen atoms in total. The summed E-state index contributed by atoms with van der Waals surface area (Å²) in [5, 5.41) is 18.7. The summed E-state index contributed by atoms with van der Waals surface area (Å²) in [6.07, 6.45) is 0. The fraction of sp³-hybridized carbons (Fsp3) is 0. The molecule has 0 fully saturated rings. The fourth-order valence-electron chi connectivity index (χ4n) is 1.48. The lowest BCUT2D eigenvalue weighted by atomic mass is 10.0. The number of halogens is 1. The lowest BCUT2D eigenvalue weighted by Crippen LogP contribution is -1.98. The Morgan fingerprint density at radius 2 is 1.80 bits per heavy atom. The topological polar surface area (TPSA) is 57.5 Å². The summed E-state index contributed by atoms with van der Waals surface area (Å²) in [6.45, 7) is 0. The molecule has 2 aromatic carbocycles. The molecule has 0 amide bonds. The second kappa shape index (κ2) is 3.24. The Bertz CT molecular complexity index is 549. The highest BCUT2D eigenvalue weighted by Gasteiger charge is 2.15. The maximum Gasteiger partial charge on any atom is 0.339 e. The third-order valence-electron chi connectivity index (χ3n) is 2.20. The minimum atomic E-state index is -1.35. The van der Waals surface area contributed by atoms with Gasteiger partial charge in [0.05, 0.1) is 0 Å². The average Bonchev–Trinajstić information content (AvgIpc) is 2.23. The number of hydrogen-bond donors (Lipinski definition) is 2. The Morgan fingerprint density at radius 1 is 1.20 bits per heavy atom. The zero-order valence-corrected chi connectivity index (χ0v) is 7.57. The predicted molar refractivity (Wildman–Crippen MR) is 52.5 cm³/mol. The van der Waals surface area contributed by atoms with E-state index in [1.807, 2.05) is 0 Å². The second-order valence-electron chi connectivity index (χ2n) is 3.11. The number of rotatable bonds is 1. The van der Waals surface area contributed by atoms with Gasteiger partial charge in [-0.25, -0.2) is 9.18 Å². The van der Waals surface area contributed by atoms with Crippen LogP contribution in [0.3, 0.4) is 0 Å². The molecule has 4 heteroatoms. The van der Waals surface area contributed by atoms with Crippen LogP contribution in [0.5, 0.6) is 5.75 Å². The molecule has 0 saturated heterocycles. The van der Waals surface area contributed by atoms with E-state index in [0.29, 0.717) is 0 Å². The van der Waals surface area contributed by atoms with Crippen LogP contribution in [0.25, 0.3) is 10.8 Å². The van der Waals surface area contributed by atoms with E-state index in [2.05, 4.69) is 0 Å². The number of carbonyl (C=O) groups is 1. The van der Waals surface area contributed by atoms with Gasteiger partial charge in [-0.15, -0.1) is 0 Å². The lowest BCUT2D eigenvalue weighted by Gasteiger charge is -2.05. The summed E-state index contributed by atoms with van der Waals surface area (Å²) in [4.78, 5) is 10.7. The third kappa shape index (κ3) is 1.40. The summed E-state index contributed by atoms with van der Waals surface area (Å²) in [7, 11) is 0. The number of carboxylic acid groups (broad SMARTS) is 1. The van der Waals surface area contributed by atoms with Gasteiger partial charge >= 0.3 is 5.97 Å². The normalized spacial score (nSPS) is 10.5. The van der Waals surface area contributed by atoms with E-state index in [1.54, 1.807) is 12.1 Å². The molecule has 0 saturated carbocycles. The van der Waals surface area contributed by atoms with Crippen molar-refractivity contribution in [2.45, 2.75) is 0 Å². The Labute approximate surface area is 84.4 Å². The first-order chi connectivity index (χ1) is 7.11. The van der Waals surface area contributed by atoms with E-state index in [9.17, 15) is 14.3 Å². The molecule has 0 unspecified atom stereocenters. The Balaban J connectivity index is 2.90. The molecule has 15 heavy (non-hydrogen) atoms. The van der Waals surface area contributed by atoms with Gasteiger partial charge in [0.15, 0.2) is 0 Å². The molecular formula is C11H7FO3. The Morgan fingerprint density at radius 3 is 2.40 bits per heavy atom. The highest BCUT2D eigenvalue weighted by Crippen LogP contribution is 2.30. The van der Waals surface area contributed by atoms with Crippen LogP contribution in [0.2, 0.25) is 0 Å². The first-order valence-corrected chi connectivity index (χ1v) is 4.25. The van der Waals surface area contributed by atoms with E-state index in [1.165, 1.54) is 12.1 Å². The summed E-state index contributed by atoms with van der Waals surface area (Å²) in [6, 6.07) is 6.99. The molecule has 0 aliphatic rings. The molecule has 0 aromatic heterocycles. The Hall–Kier alpha value is -2.10. The van der Waals surface area contributed by atoms with Crippen LogP contribution in [-0.4, -0.2) is 16.2 Å². The molecule has 0 radical (unpaired) electrons. The van der Waals surface area contributed by atoms with Crippen LogP contribution in [-0.2, 0) is 0 Å². The lowest BCUT2D eigenvalue weighted by molar-refractivity contribution is 0.0693. The summed E-state index contributed by atoms with van der Waals surface area (Å²) < 4.78 is 13.4. The molecular weight excluding hydrogens is 199 g/mol. The molecule has 0 aliphatic heterocycles. The molecule has 0 aliphatic carbocycles. The third-order valence-corrected chi connectivity index (χ3v) is 2.20. The van der Waals surface area contributed by atoms with Gasteiger partial charge in [0.25, 0.3) is 0 Å². The number of carboxylic acids is 1. The summed E-state index contributed by atoms with van der Waals surface area (Å²) >= 11 is 0. The number of fused-ring (bicyclic) bond motifs is 1. The molecule has 0 spiro atoms. The molecule has 2 N–H and O–H groups in total. The molecule has 0 bridgehead atoms. The smallest absolute Gasteiger partial charge is 0.339 e. The number of aromatic hydroxyl groups is 1. The minimum Gasteiger partial charge on any atom is -0.506 e. The Kier molecular flexibility index (Phi) is 2.04.